The molecule has 2 aromatic rings. The molecule has 0 spiro atoms. The Labute approximate surface area is 88.1 Å². The summed E-state index contributed by atoms with van der Waals surface area (Å²) < 4.78 is 0. The Morgan fingerprint density at radius 3 is 2.73 bits per heavy atom. The Morgan fingerprint density at radius 1 is 1.33 bits per heavy atom. The number of aromatic nitrogens is 3. The first-order chi connectivity index (χ1) is 7.03. The Balaban J connectivity index is 2.56. The summed E-state index contributed by atoms with van der Waals surface area (Å²) >= 11 is 0. The van der Waals surface area contributed by atoms with Crippen LogP contribution in [0.25, 0.3) is 11.2 Å². The summed E-state index contributed by atoms with van der Waals surface area (Å²) in [5.74, 6) is 1.35. The third-order valence-corrected chi connectivity index (χ3v) is 2.58. The molecule has 80 valence electrons. The number of fused-ring (bicyclic) bond motifs is 1. The van der Waals surface area contributed by atoms with Gasteiger partial charge in [-0.05, 0) is 33.0 Å². The molecule has 15 heavy (non-hydrogen) atoms. The van der Waals surface area contributed by atoms with E-state index >= 15 is 0 Å². The number of nitrogens with one attached hydrogen (secondary N) is 2. The number of pyridine rings is 1. The molecule has 5 nitrogen and oxygen atoms in total. The summed E-state index contributed by atoms with van der Waals surface area (Å²) in [6.45, 7) is 4.10. The van der Waals surface area contributed by atoms with Crippen molar-refractivity contribution in [2.75, 3.05) is 12.8 Å². The predicted molar refractivity (Wildman–Crippen MR) is 60.4 cm³/mol. The van der Waals surface area contributed by atoms with Crippen LogP contribution in [0.1, 0.15) is 19.7 Å². The van der Waals surface area contributed by atoms with Gasteiger partial charge in [-0.25, -0.2) is 9.97 Å². The molecule has 0 fully saturated rings. The zero-order chi connectivity index (χ0) is 11.1. The molecular formula is C10H15N5. The predicted octanol–water partition coefficient (Wildman–Crippen LogP) is 0.995. The van der Waals surface area contributed by atoms with Crippen LogP contribution in [-0.4, -0.2) is 22.0 Å². The summed E-state index contributed by atoms with van der Waals surface area (Å²) in [4.78, 5) is 11.8. The molecule has 0 radical (unpaired) electrons. The van der Waals surface area contributed by atoms with Crippen molar-refractivity contribution < 1.29 is 0 Å². The van der Waals surface area contributed by atoms with E-state index < -0.39 is 0 Å². The summed E-state index contributed by atoms with van der Waals surface area (Å²) in [6.07, 6.45) is 0. The topological polar surface area (TPSA) is 79.6 Å². The monoisotopic (exact) mass is 205 g/mol. The highest BCUT2D eigenvalue weighted by atomic mass is 15.1. The second-order valence-electron chi connectivity index (χ2n) is 4.07. The number of rotatable bonds is 2. The fraction of sp³-hybridized carbons (Fsp3) is 0.400. The van der Waals surface area contributed by atoms with Crippen molar-refractivity contribution in [3.63, 3.8) is 0 Å². The molecule has 0 aliphatic carbocycles. The van der Waals surface area contributed by atoms with Crippen LogP contribution in [0.5, 0.6) is 0 Å². The summed E-state index contributed by atoms with van der Waals surface area (Å²) in [7, 11) is 1.90. The number of hydrogen-bond donors (Lipinski definition) is 3. The lowest BCUT2D eigenvalue weighted by Crippen LogP contribution is -2.34. The SMILES string of the molecule is CNC(C)(C)c1nc2nc(N)ccc2[nH]1. The second kappa shape index (κ2) is 3.20. The van der Waals surface area contributed by atoms with E-state index in [9.17, 15) is 0 Å². The van der Waals surface area contributed by atoms with Gasteiger partial charge in [-0.2, -0.15) is 0 Å². The minimum absolute atomic E-state index is 0.199. The van der Waals surface area contributed by atoms with Crippen LogP contribution in [0.15, 0.2) is 12.1 Å². The Morgan fingerprint density at radius 2 is 2.07 bits per heavy atom. The Kier molecular flexibility index (Phi) is 2.12. The largest absolute Gasteiger partial charge is 0.384 e. The molecule has 0 aromatic carbocycles. The minimum atomic E-state index is -0.199. The number of aromatic amines is 1. The van der Waals surface area contributed by atoms with Gasteiger partial charge in [-0.1, -0.05) is 0 Å². The summed E-state index contributed by atoms with van der Waals surface area (Å²) in [6, 6.07) is 3.65. The van der Waals surface area contributed by atoms with Crippen LogP contribution >= 0.6 is 0 Å². The van der Waals surface area contributed by atoms with E-state index in [1.54, 1.807) is 6.07 Å². The van der Waals surface area contributed by atoms with Gasteiger partial charge >= 0.3 is 0 Å². The van der Waals surface area contributed by atoms with E-state index in [0.717, 1.165) is 11.3 Å². The van der Waals surface area contributed by atoms with Crippen LogP contribution in [-0.2, 0) is 5.54 Å². The quantitative estimate of drug-likeness (QED) is 0.683. The van der Waals surface area contributed by atoms with Gasteiger partial charge in [-0.15, -0.1) is 0 Å². The smallest absolute Gasteiger partial charge is 0.179 e. The van der Waals surface area contributed by atoms with E-state index in [1.165, 1.54) is 0 Å². The van der Waals surface area contributed by atoms with Gasteiger partial charge in [0.1, 0.15) is 11.6 Å². The molecule has 0 amide bonds. The number of nitrogens with zero attached hydrogens (tertiary/aromatic N) is 2. The molecule has 2 heterocycles. The third kappa shape index (κ3) is 1.66. The fourth-order valence-electron chi connectivity index (χ4n) is 1.32. The van der Waals surface area contributed by atoms with Crippen molar-refractivity contribution in [1.29, 1.82) is 0 Å². The molecule has 0 aliphatic heterocycles. The standard InChI is InChI=1S/C10H15N5/c1-10(2,12-3)9-13-6-4-5-7(11)14-8(6)15-9/h4-5,12H,1-3H3,(H3,11,13,14,15). The first-order valence-corrected chi connectivity index (χ1v) is 4.84. The maximum absolute atomic E-state index is 5.59. The number of imidazole rings is 1. The van der Waals surface area contributed by atoms with Gasteiger partial charge in [0, 0.05) is 0 Å². The molecule has 0 atom stereocenters. The minimum Gasteiger partial charge on any atom is -0.384 e. The van der Waals surface area contributed by atoms with Crippen LogP contribution < -0.4 is 11.1 Å². The molecule has 0 saturated carbocycles. The average molecular weight is 205 g/mol. The van der Waals surface area contributed by atoms with Crippen molar-refractivity contribution in [2.45, 2.75) is 19.4 Å². The van der Waals surface area contributed by atoms with Crippen molar-refractivity contribution in [3.05, 3.63) is 18.0 Å². The lowest BCUT2D eigenvalue weighted by atomic mass is 10.1. The zero-order valence-electron chi connectivity index (χ0n) is 9.13. The highest BCUT2D eigenvalue weighted by molar-refractivity contribution is 5.72. The molecular weight excluding hydrogens is 190 g/mol. The number of nitrogens with two attached hydrogens (primary N) is 1. The van der Waals surface area contributed by atoms with E-state index in [0.29, 0.717) is 11.5 Å². The van der Waals surface area contributed by atoms with Gasteiger partial charge in [0.15, 0.2) is 5.65 Å². The molecule has 0 aliphatic rings. The molecule has 4 N–H and O–H groups in total. The maximum Gasteiger partial charge on any atom is 0.179 e. The van der Waals surface area contributed by atoms with Gasteiger partial charge in [0.2, 0.25) is 0 Å². The molecule has 0 bridgehead atoms. The Bertz CT molecular complexity index is 486. The maximum atomic E-state index is 5.59. The van der Waals surface area contributed by atoms with Crippen molar-refractivity contribution >= 4 is 17.0 Å². The number of H-pyrrole nitrogens is 1. The first-order valence-electron chi connectivity index (χ1n) is 4.84. The van der Waals surface area contributed by atoms with Crippen LogP contribution in [0, 0.1) is 0 Å². The molecule has 2 aromatic heterocycles. The molecule has 0 unspecified atom stereocenters. The highest BCUT2D eigenvalue weighted by Gasteiger charge is 2.22. The lowest BCUT2D eigenvalue weighted by Gasteiger charge is -2.20. The van der Waals surface area contributed by atoms with Crippen molar-refractivity contribution in [3.8, 4) is 0 Å². The normalized spacial score (nSPS) is 12.2. The number of hydrogen-bond acceptors (Lipinski definition) is 4. The fourth-order valence-corrected chi connectivity index (χ4v) is 1.32. The highest BCUT2D eigenvalue weighted by Crippen LogP contribution is 2.19. The van der Waals surface area contributed by atoms with E-state index in [4.69, 9.17) is 5.73 Å². The number of nitrogen functional groups attached to an aromatic ring is 1. The van der Waals surface area contributed by atoms with Gasteiger partial charge in [-0.3, -0.25) is 0 Å². The van der Waals surface area contributed by atoms with Crippen LogP contribution in [0.4, 0.5) is 5.82 Å². The van der Waals surface area contributed by atoms with Gasteiger partial charge < -0.3 is 16.0 Å². The van der Waals surface area contributed by atoms with E-state index in [1.807, 2.05) is 27.0 Å². The zero-order valence-corrected chi connectivity index (χ0v) is 9.13. The number of anilines is 1. The van der Waals surface area contributed by atoms with E-state index in [-0.39, 0.29) is 5.54 Å². The summed E-state index contributed by atoms with van der Waals surface area (Å²) in [5.41, 5.74) is 6.96. The Hall–Kier alpha value is -1.62. The molecule has 5 heteroatoms. The van der Waals surface area contributed by atoms with Crippen molar-refractivity contribution in [2.24, 2.45) is 0 Å². The first kappa shape index (κ1) is 9.92. The van der Waals surface area contributed by atoms with Crippen LogP contribution in [0.3, 0.4) is 0 Å². The van der Waals surface area contributed by atoms with Gasteiger partial charge in [0.05, 0.1) is 11.1 Å². The van der Waals surface area contributed by atoms with Crippen molar-refractivity contribution in [1.82, 2.24) is 20.3 Å². The third-order valence-electron chi connectivity index (χ3n) is 2.58. The summed E-state index contributed by atoms with van der Waals surface area (Å²) in [5, 5.41) is 3.18. The second-order valence-corrected chi connectivity index (χ2v) is 4.07. The van der Waals surface area contributed by atoms with E-state index in [2.05, 4.69) is 20.3 Å². The molecule has 2 rings (SSSR count). The lowest BCUT2D eigenvalue weighted by molar-refractivity contribution is 0.421. The van der Waals surface area contributed by atoms with Gasteiger partial charge in [0.25, 0.3) is 0 Å². The average Bonchev–Trinajstić information content (AvgIpc) is 2.61. The van der Waals surface area contributed by atoms with Crippen LogP contribution in [0.2, 0.25) is 0 Å². The molecule has 0 saturated heterocycles.